The number of carbonyl (C=O) groups excluding carboxylic acids is 1. The summed E-state index contributed by atoms with van der Waals surface area (Å²) < 4.78 is 11.2. The van der Waals surface area contributed by atoms with Gasteiger partial charge in [-0.15, -0.1) is 0 Å². The molecule has 1 unspecified atom stereocenters. The molecule has 4 nitrogen and oxygen atoms in total. The first-order valence-electron chi connectivity index (χ1n) is 7.58. The highest BCUT2D eigenvalue weighted by atomic mass is 32.2. The number of nitrogens with two attached hydrogens (primary N) is 1. The first-order valence-corrected chi connectivity index (χ1v) is 8.79. The average Bonchev–Trinajstić information content (AvgIpc) is 2.60. The Morgan fingerprint density at radius 3 is 2.33 bits per heavy atom. The van der Waals surface area contributed by atoms with Crippen molar-refractivity contribution < 1.29 is 9.00 Å². The fourth-order valence-electron chi connectivity index (χ4n) is 2.67. The molecule has 0 aliphatic heterocycles. The number of fused-ring (bicyclic) bond motifs is 1. The SMILES string of the molecule is Cc1ccc(C(=O)NCc2ccc(S(N)=O)cc2)c2ccccc12. The third-order valence-corrected chi connectivity index (χ3v) is 4.73. The van der Waals surface area contributed by atoms with E-state index in [9.17, 15) is 9.00 Å². The van der Waals surface area contributed by atoms with E-state index in [0.29, 0.717) is 17.0 Å². The van der Waals surface area contributed by atoms with Crippen LogP contribution in [0.15, 0.2) is 65.6 Å². The molecule has 3 N–H and O–H groups in total. The molecule has 0 aliphatic rings. The third kappa shape index (κ3) is 3.37. The second-order valence-electron chi connectivity index (χ2n) is 5.60. The fraction of sp³-hybridized carbons (Fsp3) is 0.105. The molecule has 0 aliphatic carbocycles. The predicted octanol–water partition coefficient (Wildman–Crippen LogP) is 3.06. The molecule has 0 saturated heterocycles. The number of hydrogen-bond donors (Lipinski definition) is 2. The minimum atomic E-state index is -1.49. The zero-order chi connectivity index (χ0) is 17.1. The molecular weight excluding hydrogens is 320 g/mol. The number of hydrogen-bond acceptors (Lipinski definition) is 2. The van der Waals surface area contributed by atoms with Gasteiger partial charge in [0.15, 0.2) is 0 Å². The van der Waals surface area contributed by atoms with Crippen molar-refractivity contribution in [1.29, 1.82) is 0 Å². The molecular formula is C19H18N2O2S. The normalized spacial score (nSPS) is 12.1. The molecule has 3 aromatic carbocycles. The Morgan fingerprint density at radius 2 is 1.67 bits per heavy atom. The maximum Gasteiger partial charge on any atom is 0.252 e. The van der Waals surface area contributed by atoms with Crippen LogP contribution in [0, 0.1) is 6.92 Å². The van der Waals surface area contributed by atoms with Crippen molar-refractivity contribution in [3.63, 3.8) is 0 Å². The van der Waals surface area contributed by atoms with Crippen molar-refractivity contribution in [1.82, 2.24) is 5.32 Å². The number of nitrogens with one attached hydrogen (secondary N) is 1. The summed E-state index contributed by atoms with van der Waals surface area (Å²) >= 11 is 0. The Labute approximate surface area is 143 Å². The standard InChI is InChI=1S/C19H18N2O2S/c1-13-6-11-18(17-5-3-2-4-16(13)17)19(22)21-12-14-7-9-15(10-8-14)24(20)23/h2-11H,12,20H2,1H3,(H,21,22). The number of carbonyl (C=O) groups is 1. The molecule has 122 valence electrons. The molecule has 5 heteroatoms. The van der Waals surface area contributed by atoms with E-state index in [4.69, 9.17) is 5.14 Å². The number of amides is 1. The van der Waals surface area contributed by atoms with Gasteiger partial charge >= 0.3 is 0 Å². The summed E-state index contributed by atoms with van der Waals surface area (Å²) in [5.74, 6) is -0.113. The molecule has 0 aromatic heterocycles. The first-order chi connectivity index (χ1) is 11.6. The minimum absolute atomic E-state index is 0.113. The molecule has 0 radical (unpaired) electrons. The van der Waals surface area contributed by atoms with E-state index < -0.39 is 11.0 Å². The average molecular weight is 338 g/mol. The minimum Gasteiger partial charge on any atom is -0.348 e. The summed E-state index contributed by atoms with van der Waals surface area (Å²) in [4.78, 5) is 13.1. The maximum absolute atomic E-state index is 12.5. The van der Waals surface area contributed by atoms with Gasteiger partial charge in [-0.3, -0.25) is 4.79 Å². The van der Waals surface area contributed by atoms with Gasteiger partial charge in [-0.2, -0.15) is 0 Å². The van der Waals surface area contributed by atoms with Gasteiger partial charge in [-0.1, -0.05) is 42.5 Å². The largest absolute Gasteiger partial charge is 0.348 e. The Hall–Kier alpha value is -2.50. The zero-order valence-electron chi connectivity index (χ0n) is 13.3. The van der Waals surface area contributed by atoms with Crippen molar-refractivity contribution in [2.75, 3.05) is 0 Å². The van der Waals surface area contributed by atoms with Crippen molar-refractivity contribution in [2.45, 2.75) is 18.4 Å². The van der Waals surface area contributed by atoms with E-state index in [-0.39, 0.29) is 5.91 Å². The van der Waals surface area contributed by atoms with Gasteiger partial charge in [0.05, 0.1) is 4.90 Å². The van der Waals surface area contributed by atoms with E-state index in [2.05, 4.69) is 5.32 Å². The molecule has 0 heterocycles. The third-order valence-electron chi connectivity index (χ3n) is 4.00. The lowest BCUT2D eigenvalue weighted by Crippen LogP contribution is -2.23. The Bertz CT molecular complexity index is 920. The second-order valence-corrected chi connectivity index (χ2v) is 6.67. The topological polar surface area (TPSA) is 72.2 Å². The van der Waals surface area contributed by atoms with Gasteiger partial charge in [0, 0.05) is 12.1 Å². The molecule has 0 spiro atoms. The summed E-state index contributed by atoms with van der Waals surface area (Å²) in [6, 6.07) is 18.7. The van der Waals surface area contributed by atoms with E-state index in [1.807, 2.05) is 55.5 Å². The lowest BCUT2D eigenvalue weighted by molar-refractivity contribution is 0.0952. The van der Waals surface area contributed by atoms with Crippen LogP contribution in [0.5, 0.6) is 0 Å². The van der Waals surface area contributed by atoms with E-state index in [1.54, 1.807) is 12.1 Å². The highest BCUT2D eigenvalue weighted by molar-refractivity contribution is 7.82. The van der Waals surface area contributed by atoms with E-state index >= 15 is 0 Å². The van der Waals surface area contributed by atoms with Crippen LogP contribution in [-0.4, -0.2) is 10.1 Å². The van der Waals surface area contributed by atoms with Crippen LogP contribution in [0.3, 0.4) is 0 Å². The number of rotatable bonds is 4. The van der Waals surface area contributed by atoms with Crippen molar-refractivity contribution in [3.8, 4) is 0 Å². The molecule has 3 aromatic rings. The van der Waals surface area contributed by atoms with Gasteiger partial charge < -0.3 is 5.32 Å². The Kier molecular flexibility index (Phi) is 4.74. The molecule has 1 atom stereocenters. The Morgan fingerprint density at radius 1 is 1.00 bits per heavy atom. The predicted molar refractivity (Wildman–Crippen MR) is 96.9 cm³/mol. The van der Waals surface area contributed by atoms with Gasteiger partial charge in [0.1, 0.15) is 11.0 Å². The van der Waals surface area contributed by atoms with Crippen LogP contribution < -0.4 is 10.5 Å². The quantitative estimate of drug-likeness (QED) is 0.767. The van der Waals surface area contributed by atoms with Crippen LogP contribution in [0.1, 0.15) is 21.5 Å². The summed E-state index contributed by atoms with van der Waals surface area (Å²) in [6.07, 6.45) is 0. The van der Waals surface area contributed by atoms with Crippen LogP contribution >= 0.6 is 0 Å². The van der Waals surface area contributed by atoms with E-state index in [1.165, 1.54) is 0 Å². The second kappa shape index (κ2) is 6.95. The number of aryl methyl sites for hydroxylation is 1. The lowest BCUT2D eigenvalue weighted by Gasteiger charge is -2.10. The van der Waals surface area contributed by atoms with Crippen molar-refractivity contribution in [2.24, 2.45) is 5.14 Å². The summed E-state index contributed by atoms with van der Waals surface area (Å²) in [5.41, 5.74) is 2.73. The highest BCUT2D eigenvalue weighted by Gasteiger charge is 2.10. The maximum atomic E-state index is 12.5. The molecule has 24 heavy (non-hydrogen) atoms. The van der Waals surface area contributed by atoms with Gasteiger partial charge in [0.25, 0.3) is 5.91 Å². The molecule has 0 fully saturated rings. The molecule has 3 rings (SSSR count). The molecule has 1 amide bonds. The molecule has 0 bridgehead atoms. The monoisotopic (exact) mass is 338 g/mol. The fourth-order valence-corrected chi connectivity index (χ4v) is 3.07. The lowest BCUT2D eigenvalue weighted by atomic mass is 10.00. The smallest absolute Gasteiger partial charge is 0.252 e. The summed E-state index contributed by atoms with van der Waals surface area (Å²) in [7, 11) is -1.49. The van der Waals surface area contributed by atoms with Gasteiger partial charge in [0.2, 0.25) is 0 Å². The van der Waals surface area contributed by atoms with Gasteiger partial charge in [-0.25, -0.2) is 9.35 Å². The van der Waals surface area contributed by atoms with Crippen molar-refractivity contribution >= 4 is 27.7 Å². The van der Waals surface area contributed by atoms with Crippen LogP contribution in [0.25, 0.3) is 10.8 Å². The number of benzene rings is 3. The summed E-state index contributed by atoms with van der Waals surface area (Å²) in [6.45, 7) is 2.44. The van der Waals surface area contributed by atoms with E-state index in [0.717, 1.165) is 21.9 Å². The molecule has 0 saturated carbocycles. The Balaban J connectivity index is 1.78. The first kappa shape index (κ1) is 16.4. The van der Waals surface area contributed by atoms with Crippen LogP contribution in [0.4, 0.5) is 0 Å². The summed E-state index contributed by atoms with van der Waals surface area (Å²) in [5, 5.41) is 10.3. The highest BCUT2D eigenvalue weighted by Crippen LogP contribution is 2.22. The van der Waals surface area contributed by atoms with Crippen LogP contribution in [-0.2, 0) is 17.5 Å². The van der Waals surface area contributed by atoms with Crippen molar-refractivity contribution in [3.05, 3.63) is 77.4 Å². The van der Waals surface area contributed by atoms with Crippen LogP contribution in [0.2, 0.25) is 0 Å². The zero-order valence-corrected chi connectivity index (χ0v) is 14.1. The van der Waals surface area contributed by atoms with Gasteiger partial charge in [-0.05, 0) is 47.0 Å².